The van der Waals surface area contributed by atoms with Gasteiger partial charge in [-0.2, -0.15) is 0 Å². The highest BCUT2D eigenvalue weighted by molar-refractivity contribution is 9.10. The molecular weight excluding hydrogens is 366 g/mol. The molecule has 0 aliphatic carbocycles. The number of H-pyrrole nitrogens is 1. The average Bonchev–Trinajstić information content (AvgIpc) is 3.10. The highest BCUT2D eigenvalue weighted by Gasteiger charge is 2.25. The Labute approximate surface area is 149 Å². The number of piperidine rings is 1. The van der Waals surface area contributed by atoms with Gasteiger partial charge in [0.05, 0.1) is 0 Å². The Hall–Kier alpha value is -1.95. The number of halogens is 1. The predicted molar refractivity (Wildman–Crippen MR) is 99.4 cm³/mol. The molecule has 3 aromatic heterocycles. The molecule has 1 N–H and O–H groups in total. The van der Waals surface area contributed by atoms with Crippen molar-refractivity contribution in [2.75, 3.05) is 18.0 Å². The van der Waals surface area contributed by atoms with Crippen molar-refractivity contribution in [3.63, 3.8) is 0 Å². The second-order valence-electron chi connectivity index (χ2n) is 6.27. The molecule has 0 spiro atoms. The number of hydrogen-bond donors (Lipinski definition) is 1. The molecule has 5 nitrogen and oxygen atoms in total. The van der Waals surface area contributed by atoms with E-state index in [0.29, 0.717) is 5.92 Å². The average molecular weight is 386 g/mol. The lowest BCUT2D eigenvalue weighted by atomic mass is 9.88. The van der Waals surface area contributed by atoms with Crippen LogP contribution in [0.5, 0.6) is 0 Å². The van der Waals surface area contributed by atoms with Gasteiger partial charge in [-0.3, -0.25) is 0 Å². The van der Waals surface area contributed by atoms with Crippen LogP contribution >= 0.6 is 15.9 Å². The highest BCUT2D eigenvalue weighted by Crippen LogP contribution is 2.37. The first-order valence-corrected chi connectivity index (χ1v) is 9.23. The smallest absolute Gasteiger partial charge is 0.225 e. The van der Waals surface area contributed by atoms with Crippen LogP contribution in [-0.4, -0.2) is 33.0 Å². The van der Waals surface area contributed by atoms with Gasteiger partial charge in [-0.25, -0.2) is 15.0 Å². The molecule has 1 aliphatic rings. The standard InChI is InChI=1S/C18H20BrN5/c1-2-12-9-22-18(23-10-12)24-7-4-13(5-8-24)16-14-3-6-20-17(14)21-11-15(16)19/h3,6,9-11,13H,2,4-5,7-8H2,1H3,(H,20,21). The molecule has 0 saturated carbocycles. The quantitative estimate of drug-likeness (QED) is 0.738. The summed E-state index contributed by atoms with van der Waals surface area (Å²) in [6, 6.07) is 2.13. The molecule has 1 saturated heterocycles. The van der Waals surface area contributed by atoms with Crippen molar-refractivity contribution in [2.45, 2.75) is 32.1 Å². The van der Waals surface area contributed by atoms with Crippen molar-refractivity contribution in [2.24, 2.45) is 0 Å². The van der Waals surface area contributed by atoms with Crippen molar-refractivity contribution in [3.8, 4) is 0 Å². The summed E-state index contributed by atoms with van der Waals surface area (Å²) in [6.45, 7) is 4.09. The number of aryl methyl sites for hydroxylation is 1. The molecule has 0 unspecified atom stereocenters. The van der Waals surface area contributed by atoms with Crippen molar-refractivity contribution in [3.05, 3.63) is 46.5 Å². The molecule has 1 fully saturated rings. The van der Waals surface area contributed by atoms with Crippen LogP contribution in [0.3, 0.4) is 0 Å². The molecule has 0 bridgehead atoms. The van der Waals surface area contributed by atoms with E-state index in [1.54, 1.807) is 0 Å². The second kappa shape index (κ2) is 6.51. The molecule has 3 aromatic rings. The number of anilines is 1. The maximum Gasteiger partial charge on any atom is 0.225 e. The van der Waals surface area contributed by atoms with E-state index >= 15 is 0 Å². The fraction of sp³-hybridized carbons (Fsp3) is 0.389. The van der Waals surface area contributed by atoms with Crippen LogP contribution < -0.4 is 4.90 Å². The van der Waals surface area contributed by atoms with E-state index in [1.165, 1.54) is 16.5 Å². The Kier molecular flexibility index (Phi) is 4.22. The topological polar surface area (TPSA) is 57.7 Å². The van der Waals surface area contributed by atoms with E-state index in [9.17, 15) is 0 Å². The highest BCUT2D eigenvalue weighted by atomic mass is 79.9. The molecule has 0 aromatic carbocycles. The third-order valence-electron chi connectivity index (χ3n) is 4.87. The summed E-state index contributed by atoms with van der Waals surface area (Å²) in [6.07, 6.45) is 10.9. The molecular formula is C18H20BrN5. The van der Waals surface area contributed by atoms with E-state index in [1.807, 2.05) is 24.8 Å². The minimum atomic E-state index is 0.534. The van der Waals surface area contributed by atoms with Crippen molar-refractivity contribution in [1.29, 1.82) is 0 Å². The molecule has 0 amide bonds. The Bertz CT molecular complexity index is 834. The largest absolute Gasteiger partial charge is 0.346 e. The fourth-order valence-corrected chi connectivity index (χ4v) is 4.12. The lowest BCUT2D eigenvalue weighted by Gasteiger charge is -2.32. The van der Waals surface area contributed by atoms with Gasteiger partial charge in [0, 0.05) is 47.7 Å². The minimum absolute atomic E-state index is 0.534. The first kappa shape index (κ1) is 15.6. The molecule has 0 atom stereocenters. The summed E-state index contributed by atoms with van der Waals surface area (Å²) in [5.74, 6) is 1.39. The first-order valence-electron chi connectivity index (χ1n) is 8.43. The van der Waals surface area contributed by atoms with E-state index in [4.69, 9.17) is 0 Å². The van der Waals surface area contributed by atoms with Crippen LogP contribution in [0.2, 0.25) is 0 Å². The summed E-state index contributed by atoms with van der Waals surface area (Å²) < 4.78 is 1.11. The second-order valence-corrected chi connectivity index (χ2v) is 7.12. The van der Waals surface area contributed by atoms with Crippen LogP contribution in [0.25, 0.3) is 11.0 Å². The van der Waals surface area contributed by atoms with E-state index < -0.39 is 0 Å². The minimum Gasteiger partial charge on any atom is -0.346 e. The summed E-state index contributed by atoms with van der Waals surface area (Å²) in [4.78, 5) is 19.0. The maximum absolute atomic E-state index is 4.52. The van der Waals surface area contributed by atoms with E-state index in [0.717, 1.165) is 48.4 Å². The van der Waals surface area contributed by atoms with Crippen LogP contribution in [0.15, 0.2) is 35.3 Å². The van der Waals surface area contributed by atoms with Crippen molar-refractivity contribution >= 4 is 32.9 Å². The Morgan fingerprint density at radius 2 is 1.92 bits per heavy atom. The van der Waals surface area contributed by atoms with Crippen molar-refractivity contribution in [1.82, 2.24) is 19.9 Å². The SMILES string of the molecule is CCc1cnc(N2CCC(c3c(Br)cnc4[nH]ccc34)CC2)nc1. The van der Waals surface area contributed by atoms with Gasteiger partial charge in [0.25, 0.3) is 0 Å². The third kappa shape index (κ3) is 2.79. The number of nitrogens with zero attached hydrogens (tertiary/aromatic N) is 4. The maximum atomic E-state index is 4.52. The fourth-order valence-electron chi connectivity index (χ4n) is 3.48. The lowest BCUT2D eigenvalue weighted by molar-refractivity contribution is 0.500. The zero-order valence-electron chi connectivity index (χ0n) is 13.7. The molecule has 4 heterocycles. The summed E-state index contributed by atoms with van der Waals surface area (Å²) in [5, 5.41) is 1.23. The molecule has 0 radical (unpaired) electrons. The van der Waals surface area contributed by atoms with Crippen LogP contribution in [0.1, 0.15) is 36.8 Å². The van der Waals surface area contributed by atoms with Gasteiger partial charge in [-0.1, -0.05) is 6.92 Å². The van der Waals surface area contributed by atoms with Gasteiger partial charge in [-0.05, 0) is 58.3 Å². The molecule has 6 heteroatoms. The number of rotatable bonds is 3. The number of fused-ring (bicyclic) bond motifs is 1. The summed E-state index contributed by atoms with van der Waals surface area (Å²) in [5.41, 5.74) is 3.53. The Balaban J connectivity index is 1.53. The van der Waals surface area contributed by atoms with Gasteiger partial charge < -0.3 is 9.88 Å². The number of hydrogen-bond acceptors (Lipinski definition) is 4. The van der Waals surface area contributed by atoms with Gasteiger partial charge in [0.2, 0.25) is 5.95 Å². The summed E-state index contributed by atoms with van der Waals surface area (Å²) in [7, 11) is 0. The molecule has 124 valence electrons. The van der Waals surface area contributed by atoms with E-state index in [2.05, 4.69) is 53.8 Å². The lowest BCUT2D eigenvalue weighted by Crippen LogP contribution is -2.34. The molecule has 1 aliphatic heterocycles. The van der Waals surface area contributed by atoms with Crippen LogP contribution in [0.4, 0.5) is 5.95 Å². The van der Waals surface area contributed by atoms with Crippen LogP contribution in [0, 0.1) is 0 Å². The predicted octanol–water partition coefficient (Wildman–Crippen LogP) is 4.06. The van der Waals surface area contributed by atoms with Crippen molar-refractivity contribution < 1.29 is 0 Å². The van der Waals surface area contributed by atoms with Gasteiger partial charge >= 0.3 is 0 Å². The van der Waals surface area contributed by atoms with Gasteiger partial charge in [0.15, 0.2) is 0 Å². The normalized spacial score (nSPS) is 16.0. The van der Waals surface area contributed by atoms with E-state index in [-0.39, 0.29) is 0 Å². The molecule has 4 rings (SSSR count). The number of aromatic nitrogens is 4. The van der Waals surface area contributed by atoms with Gasteiger partial charge in [0.1, 0.15) is 5.65 Å². The Morgan fingerprint density at radius 1 is 1.17 bits per heavy atom. The Morgan fingerprint density at radius 3 is 2.62 bits per heavy atom. The zero-order valence-corrected chi connectivity index (χ0v) is 15.3. The van der Waals surface area contributed by atoms with Crippen LogP contribution in [-0.2, 0) is 6.42 Å². The zero-order chi connectivity index (χ0) is 16.5. The molecule has 24 heavy (non-hydrogen) atoms. The summed E-state index contributed by atoms with van der Waals surface area (Å²) >= 11 is 3.70. The van der Waals surface area contributed by atoms with Gasteiger partial charge in [-0.15, -0.1) is 0 Å². The first-order chi connectivity index (χ1) is 11.8. The number of aromatic amines is 1. The number of pyridine rings is 1. The monoisotopic (exact) mass is 385 g/mol. The number of nitrogens with one attached hydrogen (secondary N) is 1. The third-order valence-corrected chi connectivity index (χ3v) is 5.50.